The highest BCUT2D eigenvalue weighted by Gasteiger charge is 2.14. The molecule has 0 saturated heterocycles. The third kappa shape index (κ3) is 8.15. The second-order valence-corrected chi connectivity index (χ2v) is 7.60. The molecule has 1 aromatic carbocycles. The monoisotopic (exact) mass is 460 g/mol. The molecule has 2 aromatic rings. The highest BCUT2D eigenvalue weighted by Crippen LogP contribution is 2.22. The third-order valence-electron chi connectivity index (χ3n) is 3.68. The van der Waals surface area contributed by atoms with Crippen LogP contribution >= 0.6 is 34.5 Å². The summed E-state index contributed by atoms with van der Waals surface area (Å²) in [4.78, 5) is 28.2. The molecule has 29 heavy (non-hydrogen) atoms. The molecule has 0 fully saturated rings. The van der Waals surface area contributed by atoms with Gasteiger partial charge in [-0.05, 0) is 24.6 Å². The smallest absolute Gasteiger partial charge is 0.321 e. The number of ether oxygens (including phenoxy) is 2. The molecule has 0 aliphatic rings. The number of thiazole rings is 1. The molecule has 1 atom stereocenters. The summed E-state index contributed by atoms with van der Waals surface area (Å²) in [6.45, 7) is 2.95. The molecular weight excluding hydrogens is 439 g/mol. The standard InChI is InChI=1S/C18H22Cl2N4O4S/c1-11(28-6-5-27-2)16(25)21-9-13-10-29-18(23-13)24-17(26)22-8-12-3-4-14(19)15(20)7-12/h3-4,7,10-11H,5-6,8-9H2,1-2H3,(H,21,25)(H2,22,23,24,26). The lowest BCUT2D eigenvalue weighted by atomic mass is 10.2. The average molecular weight is 461 g/mol. The Morgan fingerprint density at radius 2 is 1.97 bits per heavy atom. The Hall–Kier alpha value is -1.91. The fourth-order valence-corrected chi connectivity index (χ4v) is 3.15. The van der Waals surface area contributed by atoms with Gasteiger partial charge in [-0.25, -0.2) is 9.78 Å². The fraction of sp³-hybridized carbons (Fsp3) is 0.389. The molecular formula is C18H22Cl2N4O4S. The van der Waals surface area contributed by atoms with E-state index in [1.807, 2.05) is 0 Å². The molecule has 0 radical (unpaired) electrons. The largest absolute Gasteiger partial charge is 0.382 e. The Morgan fingerprint density at radius 3 is 2.69 bits per heavy atom. The van der Waals surface area contributed by atoms with Gasteiger partial charge in [0.1, 0.15) is 6.10 Å². The summed E-state index contributed by atoms with van der Waals surface area (Å²) in [6, 6.07) is 4.73. The molecule has 1 unspecified atom stereocenters. The maximum Gasteiger partial charge on any atom is 0.321 e. The van der Waals surface area contributed by atoms with E-state index in [-0.39, 0.29) is 19.0 Å². The first-order valence-corrected chi connectivity index (χ1v) is 10.3. The average Bonchev–Trinajstić information content (AvgIpc) is 3.14. The Kier molecular flexibility index (Phi) is 9.62. The summed E-state index contributed by atoms with van der Waals surface area (Å²) in [6.07, 6.45) is -0.589. The van der Waals surface area contributed by atoms with E-state index in [1.165, 1.54) is 11.3 Å². The predicted molar refractivity (Wildman–Crippen MR) is 114 cm³/mol. The normalized spacial score (nSPS) is 11.7. The van der Waals surface area contributed by atoms with Gasteiger partial charge in [0.15, 0.2) is 5.13 Å². The maximum atomic E-state index is 12.0. The number of nitrogens with zero attached hydrogens (tertiary/aromatic N) is 1. The van der Waals surface area contributed by atoms with Gasteiger partial charge in [-0.3, -0.25) is 10.1 Å². The summed E-state index contributed by atoms with van der Waals surface area (Å²) in [5.41, 5.74) is 1.45. The van der Waals surface area contributed by atoms with E-state index in [4.69, 9.17) is 32.7 Å². The molecule has 0 spiro atoms. The summed E-state index contributed by atoms with van der Waals surface area (Å²) in [5.74, 6) is -0.247. The summed E-state index contributed by atoms with van der Waals surface area (Å²) < 4.78 is 10.2. The first kappa shape index (κ1) is 23.4. The molecule has 0 saturated carbocycles. The van der Waals surface area contributed by atoms with Gasteiger partial charge in [-0.2, -0.15) is 0 Å². The number of anilines is 1. The van der Waals surface area contributed by atoms with Gasteiger partial charge in [0, 0.05) is 19.0 Å². The number of urea groups is 1. The van der Waals surface area contributed by atoms with Crippen molar-refractivity contribution in [3.05, 3.63) is 44.9 Å². The van der Waals surface area contributed by atoms with Crippen LogP contribution in [0.3, 0.4) is 0 Å². The number of hydrogen-bond donors (Lipinski definition) is 3. The topological polar surface area (TPSA) is 102 Å². The van der Waals surface area contributed by atoms with Crippen molar-refractivity contribution in [2.45, 2.75) is 26.1 Å². The van der Waals surface area contributed by atoms with E-state index >= 15 is 0 Å². The summed E-state index contributed by atoms with van der Waals surface area (Å²) >= 11 is 13.1. The molecule has 0 aliphatic heterocycles. The SMILES string of the molecule is COCCOC(C)C(=O)NCc1csc(NC(=O)NCc2ccc(Cl)c(Cl)c2)n1. The van der Waals surface area contributed by atoms with Crippen molar-refractivity contribution in [1.29, 1.82) is 0 Å². The third-order valence-corrected chi connectivity index (χ3v) is 5.22. The number of rotatable bonds is 10. The van der Waals surface area contributed by atoms with Gasteiger partial charge in [-0.1, -0.05) is 29.3 Å². The minimum atomic E-state index is -0.589. The molecule has 3 N–H and O–H groups in total. The van der Waals surface area contributed by atoms with Crippen LogP contribution in [0.1, 0.15) is 18.2 Å². The molecule has 8 nitrogen and oxygen atoms in total. The molecule has 2 rings (SSSR count). The number of amides is 3. The predicted octanol–water partition coefficient (Wildman–Crippen LogP) is 3.44. The van der Waals surface area contributed by atoms with E-state index in [0.717, 1.165) is 5.56 Å². The van der Waals surface area contributed by atoms with Crippen LogP contribution in [0.5, 0.6) is 0 Å². The first-order valence-electron chi connectivity index (χ1n) is 8.70. The number of benzene rings is 1. The van der Waals surface area contributed by atoms with E-state index in [2.05, 4.69) is 20.9 Å². The van der Waals surface area contributed by atoms with Crippen LogP contribution in [-0.2, 0) is 27.4 Å². The van der Waals surface area contributed by atoms with Crippen molar-refractivity contribution >= 4 is 51.6 Å². The zero-order chi connectivity index (χ0) is 21.2. The van der Waals surface area contributed by atoms with Crippen molar-refractivity contribution in [1.82, 2.24) is 15.6 Å². The second-order valence-electron chi connectivity index (χ2n) is 5.92. The number of carbonyl (C=O) groups is 2. The number of methoxy groups -OCH3 is 1. The minimum absolute atomic E-state index is 0.236. The highest BCUT2D eigenvalue weighted by atomic mass is 35.5. The number of halogens is 2. The second kappa shape index (κ2) is 11.9. The lowest BCUT2D eigenvalue weighted by molar-refractivity contribution is -0.132. The van der Waals surface area contributed by atoms with Gasteiger partial charge in [-0.15, -0.1) is 11.3 Å². The van der Waals surface area contributed by atoms with Crippen molar-refractivity contribution in [3.8, 4) is 0 Å². The summed E-state index contributed by atoms with van der Waals surface area (Å²) in [5, 5.41) is 11.2. The van der Waals surface area contributed by atoms with Crippen LogP contribution in [0.4, 0.5) is 9.93 Å². The highest BCUT2D eigenvalue weighted by molar-refractivity contribution is 7.13. The van der Waals surface area contributed by atoms with Crippen LogP contribution in [0.2, 0.25) is 10.0 Å². The fourth-order valence-electron chi connectivity index (χ4n) is 2.12. The van der Waals surface area contributed by atoms with E-state index < -0.39 is 12.1 Å². The van der Waals surface area contributed by atoms with Crippen LogP contribution in [0.25, 0.3) is 0 Å². The minimum Gasteiger partial charge on any atom is -0.382 e. The first-order chi connectivity index (χ1) is 13.9. The molecule has 11 heteroatoms. The van der Waals surface area contributed by atoms with Crippen LogP contribution in [-0.4, -0.2) is 43.3 Å². The molecule has 3 amide bonds. The van der Waals surface area contributed by atoms with E-state index in [1.54, 1.807) is 37.6 Å². The maximum absolute atomic E-state index is 12.0. The summed E-state index contributed by atoms with van der Waals surface area (Å²) in [7, 11) is 1.56. The van der Waals surface area contributed by atoms with E-state index in [9.17, 15) is 9.59 Å². The Bertz CT molecular complexity index is 834. The lowest BCUT2D eigenvalue weighted by Gasteiger charge is -2.12. The van der Waals surface area contributed by atoms with Crippen molar-refractivity contribution in [2.75, 3.05) is 25.6 Å². The molecule has 0 aliphatic carbocycles. The van der Waals surface area contributed by atoms with Crippen molar-refractivity contribution in [3.63, 3.8) is 0 Å². The van der Waals surface area contributed by atoms with Gasteiger partial charge in [0.05, 0.1) is 35.5 Å². The quantitative estimate of drug-likeness (QED) is 0.471. The molecule has 158 valence electrons. The number of hydrogen-bond acceptors (Lipinski definition) is 6. The van der Waals surface area contributed by atoms with Gasteiger partial charge >= 0.3 is 6.03 Å². The molecule has 1 heterocycles. The Balaban J connectivity index is 1.74. The van der Waals surface area contributed by atoms with Crippen LogP contribution < -0.4 is 16.0 Å². The molecule has 1 aromatic heterocycles. The van der Waals surface area contributed by atoms with Crippen LogP contribution in [0.15, 0.2) is 23.6 Å². The number of carbonyl (C=O) groups excluding carboxylic acids is 2. The zero-order valence-electron chi connectivity index (χ0n) is 16.0. The zero-order valence-corrected chi connectivity index (χ0v) is 18.3. The van der Waals surface area contributed by atoms with E-state index in [0.29, 0.717) is 34.1 Å². The number of nitrogens with one attached hydrogen (secondary N) is 3. The van der Waals surface area contributed by atoms with Gasteiger partial charge in [0.2, 0.25) is 5.91 Å². The van der Waals surface area contributed by atoms with Crippen molar-refractivity contribution < 1.29 is 19.1 Å². The Labute approximate surface area is 182 Å². The number of aromatic nitrogens is 1. The van der Waals surface area contributed by atoms with Crippen LogP contribution in [0, 0.1) is 0 Å². The molecule has 0 bridgehead atoms. The Morgan fingerprint density at radius 1 is 1.17 bits per heavy atom. The lowest BCUT2D eigenvalue weighted by Crippen LogP contribution is -2.34. The van der Waals surface area contributed by atoms with Gasteiger partial charge in [0.25, 0.3) is 0 Å². The van der Waals surface area contributed by atoms with Crippen molar-refractivity contribution in [2.24, 2.45) is 0 Å². The van der Waals surface area contributed by atoms with Gasteiger partial charge < -0.3 is 20.1 Å².